The fraction of sp³-hybridized carbons (Fsp3) is 0.278. The van der Waals surface area contributed by atoms with Gasteiger partial charge in [-0.2, -0.15) is 0 Å². The molecule has 0 fully saturated rings. The van der Waals surface area contributed by atoms with E-state index in [0.717, 1.165) is 5.56 Å². The molecule has 0 aliphatic rings. The Labute approximate surface area is 161 Å². The summed E-state index contributed by atoms with van der Waals surface area (Å²) in [7, 11) is -3.37. The number of sulfonamides is 1. The van der Waals surface area contributed by atoms with Crippen molar-refractivity contribution in [2.75, 3.05) is 0 Å². The van der Waals surface area contributed by atoms with Crippen LogP contribution in [0.15, 0.2) is 46.9 Å². The van der Waals surface area contributed by atoms with Gasteiger partial charge >= 0.3 is 0 Å². The first kappa shape index (κ1) is 20.4. The van der Waals surface area contributed by atoms with Crippen LogP contribution in [0.4, 0.5) is 0 Å². The molecule has 0 spiro atoms. The molecule has 1 amide bonds. The highest BCUT2D eigenvalue weighted by Gasteiger charge is 2.13. The second-order valence-corrected chi connectivity index (χ2v) is 8.86. The van der Waals surface area contributed by atoms with Crippen molar-refractivity contribution in [2.24, 2.45) is 0 Å². The van der Waals surface area contributed by atoms with Gasteiger partial charge in [-0.3, -0.25) is 4.79 Å². The minimum Gasteiger partial charge on any atom is -0.507 e. The fourth-order valence-electron chi connectivity index (χ4n) is 2.34. The Morgan fingerprint density at radius 2 is 1.73 bits per heavy atom. The van der Waals surface area contributed by atoms with Crippen LogP contribution >= 0.6 is 15.9 Å². The molecule has 0 aliphatic heterocycles. The summed E-state index contributed by atoms with van der Waals surface area (Å²) >= 11 is 3.26. The van der Waals surface area contributed by atoms with Gasteiger partial charge in [0, 0.05) is 17.1 Å². The third-order valence-corrected chi connectivity index (χ3v) is 5.49. The van der Waals surface area contributed by atoms with Crippen LogP contribution in [0.25, 0.3) is 0 Å². The smallest absolute Gasteiger partial charge is 0.255 e. The van der Waals surface area contributed by atoms with Gasteiger partial charge in [0.25, 0.3) is 5.91 Å². The van der Waals surface area contributed by atoms with Crippen molar-refractivity contribution >= 4 is 31.9 Å². The maximum atomic E-state index is 12.2. The Kier molecular flexibility index (Phi) is 6.80. The molecule has 0 bridgehead atoms. The first-order valence-electron chi connectivity index (χ1n) is 8.01. The molecule has 26 heavy (non-hydrogen) atoms. The van der Waals surface area contributed by atoms with E-state index in [9.17, 15) is 18.3 Å². The molecular weight excluding hydrogens is 420 g/mol. The lowest BCUT2D eigenvalue weighted by atomic mass is 10.1. The molecule has 0 radical (unpaired) electrons. The van der Waals surface area contributed by atoms with Crippen molar-refractivity contribution < 1.29 is 18.3 Å². The average molecular weight is 441 g/mol. The molecule has 0 heterocycles. The van der Waals surface area contributed by atoms with Gasteiger partial charge in [0.15, 0.2) is 0 Å². The van der Waals surface area contributed by atoms with Crippen molar-refractivity contribution in [3.05, 3.63) is 63.6 Å². The standard InChI is InChI=1S/C18H21BrN2O4S/c1-12(2)21-26(24,25)11-14-5-3-13(4-6-14)10-20-18(23)16-9-15(19)7-8-17(16)22/h3-9,12,21-22H,10-11H2,1-2H3,(H,20,23). The summed E-state index contributed by atoms with van der Waals surface area (Å²) in [5, 5.41) is 12.5. The average Bonchev–Trinajstić information content (AvgIpc) is 2.54. The van der Waals surface area contributed by atoms with E-state index in [2.05, 4.69) is 26.0 Å². The van der Waals surface area contributed by atoms with Crippen molar-refractivity contribution in [3.8, 4) is 5.75 Å². The lowest BCUT2D eigenvalue weighted by Crippen LogP contribution is -2.31. The zero-order chi connectivity index (χ0) is 19.3. The largest absolute Gasteiger partial charge is 0.507 e. The molecule has 0 unspecified atom stereocenters. The van der Waals surface area contributed by atoms with E-state index in [4.69, 9.17) is 0 Å². The third kappa shape index (κ3) is 6.12. The SMILES string of the molecule is CC(C)NS(=O)(=O)Cc1ccc(CNC(=O)c2cc(Br)ccc2O)cc1. The van der Waals surface area contributed by atoms with E-state index in [1.54, 1.807) is 50.2 Å². The number of carbonyl (C=O) groups is 1. The molecule has 3 N–H and O–H groups in total. The Balaban J connectivity index is 1.97. The summed E-state index contributed by atoms with van der Waals surface area (Å²) in [6.45, 7) is 3.81. The van der Waals surface area contributed by atoms with E-state index in [1.165, 1.54) is 6.07 Å². The molecule has 6 nitrogen and oxygen atoms in total. The second-order valence-electron chi connectivity index (χ2n) is 6.19. The Bertz CT molecular complexity index is 881. The van der Waals surface area contributed by atoms with Crippen molar-refractivity contribution in [3.63, 3.8) is 0 Å². The summed E-state index contributed by atoms with van der Waals surface area (Å²) in [6.07, 6.45) is 0. The topological polar surface area (TPSA) is 95.5 Å². The minimum absolute atomic E-state index is 0.0935. The lowest BCUT2D eigenvalue weighted by Gasteiger charge is -2.10. The van der Waals surface area contributed by atoms with Gasteiger partial charge in [-0.05, 0) is 43.2 Å². The molecule has 2 aromatic carbocycles. The molecule has 0 atom stereocenters. The van der Waals surface area contributed by atoms with Gasteiger partial charge in [-0.1, -0.05) is 40.2 Å². The number of hydrogen-bond acceptors (Lipinski definition) is 4. The van der Waals surface area contributed by atoms with E-state index in [1.807, 2.05) is 0 Å². The number of hydrogen-bond donors (Lipinski definition) is 3. The number of phenolic OH excluding ortho intramolecular Hbond substituents is 1. The quantitative estimate of drug-likeness (QED) is 0.616. The maximum absolute atomic E-state index is 12.2. The summed E-state index contributed by atoms with van der Waals surface area (Å²) in [6, 6.07) is 11.5. The zero-order valence-corrected chi connectivity index (χ0v) is 16.9. The Hall–Kier alpha value is -1.90. The first-order chi connectivity index (χ1) is 12.2. The van der Waals surface area contributed by atoms with Crippen LogP contribution in [-0.4, -0.2) is 25.5 Å². The maximum Gasteiger partial charge on any atom is 0.255 e. The van der Waals surface area contributed by atoms with Crippen molar-refractivity contribution in [1.29, 1.82) is 0 Å². The number of halogens is 1. The van der Waals surface area contributed by atoms with E-state index >= 15 is 0 Å². The molecule has 0 aromatic heterocycles. The predicted octanol–water partition coefficient (Wildman–Crippen LogP) is 2.91. The molecule has 0 aliphatic carbocycles. The van der Waals surface area contributed by atoms with Gasteiger partial charge in [0.05, 0.1) is 11.3 Å². The van der Waals surface area contributed by atoms with Gasteiger partial charge in [-0.15, -0.1) is 0 Å². The Morgan fingerprint density at radius 3 is 2.35 bits per heavy atom. The van der Waals surface area contributed by atoms with Gasteiger partial charge in [0.1, 0.15) is 5.75 Å². The van der Waals surface area contributed by atoms with Crippen LogP contribution in [0, 0.1) is 0 Å². The molecular formula is C18H21BrN2O4S. The van der Waals surface area contributed by atoms with Gasteiger partial charge < -0.3 is 10.4 Å². The Morgan fingerprint density at radius 1 is 1.12 bits per heavy atom. The first-order valence-corrected chi connectivity index (χ1v) is 10.5. The summed E-state index contributed by atoms with van der Waals surface area (Å²) in [5.41, 5.74) is 1.67. The van der Waals surface area contributed by atoms with Crippen LogP contribution in [0.1, 0.15) is 35.3 Å². The fourth-order valence-corrected chi connectivity index (χ4v) is 4.14. The molecule has 0 saturated carbocycles. The summed E-state index contributed by atoms with van der Waals surface area (Å²) in [4.78, 5) is 12.2. The van der Waals surface area contributed by atoms with E-state index in [0.29, 0.717) is 10.0 Å². The molecule has 8 heteroatoms. The number of phenols is 1. The number of nitrogens with one attached hydrogen (secondary N) is 2. The van der Waals surface area contributed by atoms with E-state index < -0.39 is 15.9 Å². The highest BCUT2D eigenvalue weighted by molar-refractivity contribution is 9.10. The molecule has 2 aromatic rings. The predicted molar refractivity (Wildman–Crippen MR) is 104 cm³/mol. The number of rotatable bonds is 7. The second kappa shape index (κ2) is 8.66. The number of carbonyl (C=O) groups excluding carboxylic acids is 1. The van der Waals surface area contributed by atoms with Gasteiger partial charge in [0.2, 0.25) is 10.0 Å². The van der Waals surface area contributed by atoms with E-state index in [-0.39, 0.29) is 29.7 Å². The van der Waals surface area contributed by atoms with Crippen molar-refractivity contribution in [2.45, 2.75) is 32.2 Å². The highest BCUT2D eigenvalue weighted by atomic mass is 79.9. The number of amides is 1. The molecule has 2 rings (SSSR count). The number of aromatic hydroxyl groups is 1. The third-order valence-electron chi connectivity index (χ3n) is 3.45. The normalized spacial score (nSPS) is 11.5. The molecule has 0 saturated heterocycles. The van der Waals surface area contributed by atoms with Crippen molar-refractivity contribution in [1.82, 2.24) is 10.0 Å². The number of benzene rings is 2. The van der Waals surface area contributed by atoms with Crippen LogP contribution in [-0.2, 0) is 22.3 Å². The minimum atomic E-state index is -3.37. The van der Waals surface area contributed by atoms with Crippen LogP contribution in [0.2, 0.25) is 0 Å². The lowest BCUT2D eigenvalue weighted by molar-refractivity contribution is 0.0948. The molecule has 140 valence electrons. The summed E-state index contributed by atoms with van der Waals surface area (Å²) < 4.78 is 27.1. The summed E-state index contributed by atoms with van der Waals surface area (Å²) in [5.74, 6) is -0.579. The monoisotopic (exact) mass is 440 g/mol. The van der Waals surface area contributed by atoms with Crippen LogP contribution in [0.5, 0.6) is 5.75 Å². The zero-order valence-electron chi connectivity index (χ0n) is 14.5. The van der Waals surface area contributed by atoms with Crippen LogP contribution < -0.4 is 10.0 Å². The van der Waals surface area contributed by atoms with Gasteiger partial charge in [-0.25, -0.2) is 13.1 Å². The van der Waals surface area contributed by atoms with Crippen LogP contribution in [0.3, 0.4) is 0 Å². The highest BCUT2D eigenvalue weighted by Crippen LogP contribution is 2.21.